The van der Waals surface area contributed by atoms with Crippen LogP contribution < -0.4 is 4.90 Å². The second-order valence-electron chi connectivity index (χ2n) is 6.34. The third-order valence-corrected chi connectivity index (χ3v) is 5.35. The van der Waals surface area contributed by atoms with Crippen molar-refractivity contribution in [3.8, 4) is 0 Å². The van der Waals surface area contributed by atoms with E-state index in [0.29, 0.717) is 6.10 Å². The standard InChI is InChI=1S/C14H21N3O2S/c1-4-14(9-17(5-1)13-16-15-10-20-13)6-12(8-19-14)18-7-11-2-3-11/h10-12H,1-9H2/t12-,14-/m1/s1. The van der Waals surface area contributed by atoms with Crippen LogP contribution in [0.25, 0.3) is 0 Å². The Morgan fingerprint density at radius 3 is 3.25 bits per heavy atom. The first kappa shape index (κ1) is 13.0. The summed E-state index contributed by atoms with van der Waals surface area (Å²) in [6.45, 7) is 3.69. The molecule has 20 heavy (non-hydrogen) atoms. The third kappa shape index (κ3) is 2.69. The molecule has 0 unspecified atom stereocenters. The summed E-state index contributed by atoms with van der Waals surface area (Å²) in [5.74, 6) is 0.829. The zero-order chi connectivity index (χ0) is 13.4. The molecular formula is C14H21N3O2S. The highest BCUT2D eigenvalue weighted by molar-refractivity contribution is 7.13. The average molecular weight is 295 g/mol. The number of piperidine rings is 1. The lowest BCUT2D eigenvalue weighted by molar-refractivity contribution is -0.0129. The maximum absolute atomic E-state index is 6.16. The number of ether oxygens (including phenoxy) is 2. The molecule has 2 aliphatic heterocycles. The Kier molecular flexibility index (Phi) is 3.40. The first-order valence-corrected chi connectivity index (χ1v) is 8.48. The molecule has 3 heterocycles. The Morgan fingerprint density at radius 1 is 1.50 bits per heavy atom. The minimum absolute atomic E-state index is 0.0157. The largest absolute Gasteiger partial charge is 0.375 e. The maximum Gasteiger partial charge on any atom is 0.208 e. The Hall–Kier alpha value is -0.720. The van der Waals surface area contributed by atoms with Crippen molar-refractivity contribution in [1.82, 2.24) is 10.2 Å². The molecular weight excluding hydrogens is 274 g/mol. The number of nitrogens with zero attached hydrogens (tertiary/aromatic N) is 3. The van der Waals surface area contributed by atoms with Crippen LogP contribution in [-0.4, -0.2) is 48.2 Å². The van der Waals surface area contributed by atoms with Crippen molar-refractivity contribution in [3.05, 3.63) is 5.51 Å². The van der Waals surface area contributed by atoms with Crippen molar-refractivity contribution in [2.75, 3.05) is 31.2 Å². The normalized spacial score (nSPS) is 34.0. The van der Waals surface area contributed by atoms with E-state index in [1.54, 1.807) is 16.8 Å². The van der Waals surface area contributed by atoms with E-state index in [1.165, 1.54) is 12.8 Å². The molecule has 0 aromatic carbocycles. The molecule has 5 nitrogen and oxygen atoms in total. The van der Waals surface area contributed by atoms with Crippen molar-refractivity contribution in [1.29, 1.82) is 0 Å². The maximum atomic E-state index is 6.16. The quantitative estimate of drug-likeness (QED) is 0.851. The van der Waals surface area contributed by atoms with Gasteiger partial charge in [0.15, 0.2) is 0 Å². The van der Waals surface area contributed by atoms with Crippen LogP contribution in [0.2, 0.25) is 0 Å². The fourth-order valence-corrected chi connectivity index (χ4v) is 3.90. The van der Waals surface area contributed by atoms with Gasteiger partial charge >= 0.3 is 0 Å². The monoisotopic (exact) mass is 295 g/mol. The summed E-state index contributed by atoms with van der Waals surface area (Å²) in [5.41, 5.74) is 1.78. The van der Waals surface area contributed by atoms with E-state index in [2.05, 4.69) is 15.1 Å². The fraction of sp³-hybridized carbons (Fsp3) is 0.857. The summed E-state index contributed by atoms with van der Waals surface area (Å²) in [4.78, 5) is 2.32. The van der Waals surface area contributed by atoms with Gasteiger partial charge in [-0.15, -0.1) is 10.2 Å². The third-order valence-electron chi connectivity index (χ3n) is 4.60. The lowest BCUT2D eigenvalue weighted by atomic mass is 9.89. The zero-order valence-electron chi connectivity index (χ0n) is 11.7. The van der Waals surface area contributed by atoms with Gasteiger partial charge in [-0.05, 0) is 31.6 Å². The summed E-state index contributed by atoms with van der Waals surface area (Å²) in [5, 5.41) is 9.16. The molecule has 3 aliphatic rings. The van der Waals surface area contributed by atoms with Crippen molar-refractivity contribution < 1.29 is 9.47 Å². The molecule has 0 radical (unpaired) electrons. The second-order valence-corrected chi connectivity index (χ2v) is 7.15. The van der Waals surface area contributed by atoms with Crippen molar-refractivity contribution in [2.45, 2.75) is 43.8 Å². The Balaban J connectivity index is 1.37. The molecule has 0 bridgehead atoms. The molecule has 0 amide bonds. The molecule has 3 fully saturated rings. The second kappa shape index (κ2) is 5.24. The van der Waals surface area contributed by atoms with Crippen LogP contribution in [0.1, 0.15) is 32.1 Å². The molecule has 1 spiro atoms. The molecule has 2 saturated heterocycles. The number of aromatic nitrogens is 2. The van der Waals surface area contributed by atoms with E-state index in [1.807, 2.05) is 0 Å². The number of rotatable bonds is 4. The van der Waals surface area contributed by atoms with Gasteiger partial charge in [-0.1, -0.05) is 11.3 Å². The highest BCUT2D eigenvalue weighted by Crippen LogP contribution is 2.38. The minimum atomic E-state index is -0.0157. The van der Waals surface area contributed by atoms with Crippen molar-refractivity contribution in [3.63, 3.8) is 0 Å². The summed E-state index contributed by atoms with van der Waals surface area (Å²) < 4.78 is 12.2. The van der Waals surface area contributed by atoms with Crippen molar-refractivity contribution in [2.24, 2.45) is 5.92 Å². The summed E-state index contributed by atoms with van der Waals surface area (Å²) in [6, 6.07) is 0. The fourth-order valence-electron chi connectivity index (χ4n) is 3.32. The van der Waals surface area contributed by atoms with E-state index >= 15 is 0 Å². The van der Waals surface area contributed by atoms with Crippen LogP contribution in [0.5, 0.6) is 0 Å². The van der Waals surface area contributed by atoms with Crippen LogP contribution in [-0.2, 0) is 9.47 Å². The minimum Gasteiger partial charge on any atom is -0.375 e. The van der Waals surface area contributed by atoms with E-state index < -0.39 is 0 Å². The van der Waals surface area contributed by atoms with Gasteiger partial charge in [0.05, 0.1) is 18.3 Å². The van der Waals surface area contributed by atoms with Crippen LogP contribution in [0.4, 0.5) is 5.13 Å². The van der Waals surface area contributed by atoms with Gasteiger partial charge in [-0.3, -0.25) is 0 Å². The molecule has 1 aliphatic carbocycles. The molecule has 0 N–H and O–H groups in total. The van der Waals surface area contributed by atoms with Gasteiger partial charge in [-0.2, -0.15) is 0 Å². The molecule has 4 rings (SSSR count). The smallest absolute Gasteiger partial charge is 0.208 e. The first-order valence-electron chi connectivity index (χ1n) is 7.60. The summed E-state index contributed by atoms with van der Waals surface area (Å²) in [7, 11) is 0. The van der Waals surface area contributed by atoms with Gasteiger partial charge in [0, 0.05) is 26.1 Å². The molecule has 1 aromatic heterocycles. The van der Waals surface area contributed by atoms with E-state index in [4.69, 9.17) is 9.47 Å². The molecule has 2 atom stereocenters. The Morgan fingerprint density at radius 2 is 2.45 bits per heavy atom. The topological polar surface area (TPSA) is 47.5 Å². The van der Waals surface area contributed by atoms with Crippen LogP contribution >= 0.6 is 11.3 Å². The Bertz CT molecular complexity index is 451. The van der Waals surface area contributed by atoms with E-state index in [-0.39, 0.29) is 5.60 Å². The summed E-state index contributed by atoms with van der Waals surface area (Å²) in [6.07, 6.45) is 6.34. The Labute approximate surface area is 123 Å². The SMILES string of the molecule is c1nnc(N2CCC[C@@]3(C[C@@H](OCC4CC4)CO3)C2)s1. The lowest BCUT2D eigenvalue weighted by Crippen LogP contribution is -2.48. The average Bonchev–Trinajstić information content (AvgIpc) is 2.99. The van der Waals surface area contributed by atoms with E-state index in [9.17, 15) is 0 Å². The van der Waals surface area contributed by atoms with Crippen molar-refractivity contribution >= 4 is 16.5 Å². The number of hydrogen-bond donors (Lipinski definition) is 0. The molecule has 6 heteroatoms. The van der Waals surface area contributed by atoms with Gasteiger partial charge in [0.25, 0.3) is 0 Å². The van der Waals surface area contributed by atoms with Crippen LogP contribution in [0.15, 0.2) is 5.51 Å². The molecule has 1 aromatic rings. The van der Waals surface area contributed by atoms with Crippen LogP contribution in [0.3, 0.4) is 0 Å². The highest BCUT2D eigenvalue weighted by atomic mass is 32.1. The van der Waals surface area contributed by atoms with Gasteiger partial charge in [0.1, 0.15) is 5.51 Å². The van der Waals surface area contributed by atoms with Crippen LogP contribution in [0, 0.1) is 5.92 Å². The number of hydrogen-bond acceptors (Lipinski definition) is 6. The van der Waals surface area contributed by atoms with Gasteiger partial charge < -0.3 is 14.4 Å². The summed E-state index contributed by atoms with van der Waals surface area (Å²) >= 11 is 1.61. The zero-order valence-corrected chi connectivity index (χ0v) is 12.5. The highest BCUT2D eigenvalue weighted by Gasteiger charge is 2.44. The number of anilines is 1. The predicted molar refractivity (Wildman–Crippen MR) is 77.1 cm³/mol. The molecule has 110 valence electrons. The van der Waals surface area contributed by atoms with Gasteiger partial charge in [0.2, 0.25) is 5.13 Å². The first-order chi connectivity index (χ1) is 9.83. The lowest BCUT2D eigenvalue weighted by Gasteiger charge is -2.39. The molecule has 1 saturated carbocycles. The van der Waals surface area contributed by atoms with Gasteiger partial charge in [-0.25, -0.2) is 0 Å². The van der Waals surface area contributed by atoms with E-state index in [0.717, 1.165) is 56.6 Å². The predicted octanol–water partition coefficient (Wildman–Crippen LogP) is 2.09.